The summed E-state index contributed by atoms with van der Waals surface area (Å²) in [6.07, 6.45) is 2.25. The first kappa shape index (κ1) is 9.62. The summed E-state index contributed by atoms with van der Waals surface area (Å²) in [4.78, 5) is 0. The van der Waals surface area contributed by atoms with Crippen LogP contribution in [0.4, 0.5) is 0 Å². The molecule has 39 valence electrons. The SMILES string of the molecule is [B]=BB=BP(#B)CCC. The maximum atomic E-state index is 5.67. The van der Waals surface area contributed by atoms with Crippen molar-refractivity contribution >= 4 is 41.4 Å². The first-order valence-electron chi connectivity index (χ1n) is 3.04. The van der Waals surface area contributed by atoms with Crippen molar-refractivity contribution in [3.8, 4) is 0 Å². The summed E-state index contributed by atoms with van der Waals surface area (Å²) in [6, 6.07) is 0. The van der Waals surface area contributed by atoms with Crippen molar-refractivity contribution in [1.29, 1.82) is 0 Å². The van der Waals surface area contributed by atoms with Crippen molar-refractivity contribution in [3.05, 3.63) is 0 Å². The third kappa shape index (κ3) is 6.51. The molecule has 0 aliphatic carbocycles. The average molecular weight is 128 g/mol. The van der Waals surface area contributed by atoms with E-state index >= 15 is 0 Å². The van der Waals surface area contributed by atoms with E-state index in [0.29, 0.717) is 0 Å². The van der Waals surface area contributed by atoms with Gasteiger partial charge in [-0.1, -0.05) is 0 Å². The summed E-state index contributed by atoms with van der Waals surface area (Å²) in [5.41, 5.74) is 0. The molecule has 0 rings (SSSR count). The first-order chi connectivity index (χ1) is 4.31. The molecule has 9 heavy (non-hydrogen) atoms. The molecule has 1 unspecified atom stereocenters. The van der Waals surface area contributed by atoms with Crippen molar-refractivity contribution in [1.82, 2.24) is 0 Å². The molecular formula is C3H7B5P. The molecule has 1 atom stereocenters. The van der Waals surface area contributed by atoms with Gasteiger partial charge >= 0.3 is 60.9 Å². The molecule has 1 radical (unpaired) electrons. The van der Waals surface area contributed by atoms with Crippen LogP contribution in [0.2, 0.25) is 0 Å². The molecule has 0 aliphatic rings. The van der Waals surface area contributed by atoms with E-state index < -0.39 is 0 Å². The van der Waals surface area contributed by atoms with Crippen molar-refractivity contribution in [2.45, 2.75) is 13.3 Å². The predicted octanol–water partition coefficient (Wildman–Crippen LogP) is -0.0971. The molecular weight excluding hydrogens is 121 g/mol. The molecule has 0 aromatic rings. The summed E-state index contributed by atoms with van der Waals surface area (Å²) in [5.74, 6) is 0. The summed E-state index contributed by atoms with van der Waals surface area (Å²) < 4.78 is 0. The fourth-order valence-electron chi connectivity index (χ4n) is 0.493. The van der Waals surface area contributed by atoms with E-state index in [-0.39, 0.29) is 7.12 Å². The second-order valence-corrected chi connectivity index (χ2v) is 3.55. The fourth-order valence-corrected chi connectivity index (χ4v) is 1.48. The van der Waals surface area contributed by atoms with Crippen LogP contribution in [0.15, 0.2) is 0 Å². The van der Waals surface area contributed by atoms with E-state index in [2.05, 4.69) is 6.92 Å². The van der Waals surface area contributed by atoms with E-state index in [0.717, 1.165) is 12.6 Å². The molecule has 0 N–H and O–H groups in total. The van der Waals surface area contributed by atoms with Gasteiger partial charge in [0.05, 0.1) is 0 Å². The molecule has 0 heterocycles. The molecule has 0 aliphatic heterocycles. The van der Waals surface area contributed by atoms with Crippen LogP contribution in [-0.4, -0.2) is 40.4 Å². The van der Waals surface area contributed by atoms with Crippen LogP contribution < -0.4 is 0 Å². The minimum absolute atomic E-state index is 0.378. The molecule has 0 nitrogen and oxygen atoms in total. The Balaban J connectivity index is 3.54. The number of hydrogen-bond donors (Lipinski definition) is 0. The topological polar surface area (TPSA) is 0 Å². The van der Waals surface area contributed by atoms with E-state index in [1.54, 1.807) is 6.69 Å². The van der Waals surface area contributed by atoms with Crippen molar-refractivity contribution in [2.75, 3.05) is 6.16 Å². The van der Waals surface area contributed by atoms with Crippen LogP contribution in [0, 0.1) is 0 Å². The third-order valence-corrected chi connectivity index (χ3v) is 2.39. The average Bonchev–Trinajstić information content (AvgIpc) is 1.85. The number of rotatable bonds is 2. The Morgan fingerprint density at radius 3 is 2.67 bits per heavy atom. The molecule has 0 saturated carbocycles. The Bertz CT molecular complexity index is 165. The summed E-state index contributed by atoms with van der Waals surface area (Å²) in [7, 11) is 10.4. The summed E-state index contributed by atoms with van der Waals surface area (Å²) >= 11 is 0. The monoisotopic (exact) mass is 129 g/mol. The molecule has 0 aromatic carbocycles. The second-order valence-electron chi connectivity index (χ2n) is 1.77. The zero-order valence-electron chi connectivity index (χ0n) is 5.75. The van der Waals surface area contributed by atoms with Gasteiger partial charge in [0.2, 0.25) is 0 Å². The molecule has 0 amide bonds. The van der Waals surface area contributed by atoms with Gasteiger partial charge in [-0.25, -0.2) is 0 Å². The Morgan fingerprint density at radius 1 is 1.56 bits per heavy atom. The van der Waals surface area contributed by atoms with Gasteiger partial charge in [-0.3, -0.25) is 0 Å². The first-order valence-corrected chi connectivity index (χ1v) is 4.70. The standard InChI is InChI=1S/C3H7B5P/c1-2-3-9(5)8-7-6-4/h2-3H2,1H3. The molecule has 0 bridgehead atoms. The second kappa shape index (κ2) is 6.74. The van der Waals surface area contributed by atoms with Gasteiger partial charge in [-0.15, -0.1) is 0 Å². The minimum atomic E-state index is -0.378. The van der Waals surface area contributed by atoms with Crippen LogP contribution in [0.3, 0.4) is 0 Å². The van der Waals surface area contributed by atoms with Gasteiger partial charge in [0, 0.05) is 0 Å². The summed E-state index contributed by atoms with van der Waals surface area (Å²) in [6.45, 7) is 7.42. The molecule has 0 fully saturated rings. The normalized spacial score (nSPS) is 9.78. The Kier molecular flexibility index (Phi) is 7.21. The van der Waals surface area contributed by atoms with Crippen molar-refractivity contribution in [2.24, 2.45) is 0 Å². The van der Waals surface area contributed by atoms with Gasteiger partial charge in [0.15, 0.2) is 0 Å². The molecule has 6 heteroatoms. The zero-order valence-corrected chi connectivity index (χ0v) is 6.64. The van der Waals surface area contributed by atoms with Gasteiger partial charge in [-0.05, 0) is 0 Å². The Labute approximate surface area is 61.5 Å². The summed E-state index contributed by atoms with van der Waals surface area (Å²) in [5, 5.41) is 0. The van der Waals surface area contributed by atoms with E-state index in [9.17, 15) is 0 Å². The van der Waals surface area contributed by atoms with Crippen LogP contribution in [-0.2, 0) is 0 Å². The fraction of sp³-hybridized carbons (Fsp3) is 1.00. The van der Waals surface area contributed by atoms with E-state index in [1.165, 1.54) is 6.69 Å². The van der Waals surface area contributed by atoms with Crippen molar-refractivity contribution < 1.29 is 0 Å². The van der Waals surface area contributed by atoms with Gasteiger partial charge in [0.25, 0.3) is 0 Å². The zero-order chi connectivity index (χ0) is 7.11. The Hall–Kier alpha value is 0.625. The van der Waals surface area contributed by atoms with Crippen LogP contribution in [0.5, 0.6) is 0 Å². The quantitative estimate of drug-likeness (QED) is 0.360. The predicted molar refractivity (Wildman–Crippen MR) is 50.8 cm³/mol. The van der Waals surface area contributed by atoms with Gasteiger partial charge < -0.3 is 0 Å². The molecule has 0 aromatic heterocycles. The van der Waals surface area contributed by atoms with Crippen LogP contribution in [0.1, 0.15) is 13.3 Å². The Morgan fingerprint density at radius 2 is 2.22 bits per heavy atom. The van der Waals surface area contributed by atoms with Gasteiger partial charge in [-0.2, -0.15) is 0 Å². The van der Waals surface area contributed by atoms with Crippen LogP contribution >= 0.6 is 7.12 Å². The van der Waals surface area contributed by atoms with Crippen molar-refractivity contribution in [3.63, 3.8) is 0 Å². The molecule has 0 saturated heterocycles. The number of hydrogen-bond acceptors (Lipinski definition) is 0. The van der Waals surface area contributed by atoms with Gasteiger partial charge in [0.1, 0.15) is 0 Å². The van der Waals surface area contributed by atoms with E-state index in [1.807, 2.05) is 6.52 Å². The maximum absolute atomic E-state index is 5.67. The third-order valence-electron chi connectivity index (χ3n) is 0.870. The molecule has 0 spiro atoms. The van der Waals surface area contributed by atoms with Crippen LogP contribution in [0.25, 0.3) is 0 Å². The van der Waals surface area contributed by atoms with E-state index in [4.69, 9.17) is 14.4 Å².